The molecule has 0 radical (unpaired) electrons. The van der Waals surface area contributed by atoms with E-state index in [1.165, 1.54) is 17.3 Å². The van der Waals surface area contributed by atoms with E-state index in [0.717, 1.165) is 54.7 Å². The number of benzene rings is 1. The number of amides is 1. The highest BCUT2D eigenvalue weighted by Crippen LogP contribution is 2.36. The highest BCUT2D eigenvalue weighted by molar-refractivity contribution is 8.23. The minimum atomic E-state index is 0.0964. The predicted molar refractivity (Wildman–Crippen MR) is 121 cm³/mol. The SMILES string of the molecule is O=C(CSC(=S)N1CC2CC(C1)c1cccc(=O)n1C2)N1CCc2ccccc21. The molecule has 1 amide bonds. The van der Waals surface area contributed by atoms with Gasteiger partial charge in [0.25, 0.3) is 5.56 Å². The minimum absolute atomic E-state index is 0.0964. The number of pyridine rings is 1. The zero-order valence-corrected chi connectivity index (χ0v) is 17.8. The Balaban J connectivity index is 1.23. The fraction of sp³-hybridized carbons (Fsp3) is 0.409. The van der Waals surface area contributed by atoms with E-state index in [1.807, 2.05) is 33.7 Å². The van der Waals surface area contributed by atoms with Crippen LogP contribution < -0.4 is 10.5 Å². The van der Waals surface area contributed by atoms with Crippen molar-refractivity contribution in [2.75, 3.05) is 30.3 Å². The Kier molecular flexibility index (Phi) is 4.95. The average molecular weight is 426 g/mol. The van der Waals surface area contributed by atoms with Gasteiger partial charge in [0.15, 0.2) is 0 Å². The van der Waals surface area contributed by atoms with Gasteiger partial charge >= 0.3 is 0 Å². The Morgan fingerprint density at radius 1 is 1.10 bits per heavy atom. The third kappa shape index (κ3) is 3.51. The molecule has 1 aromatic carbocycles. The molecule has 7 heteroatoms. The predicted octanol–water partition coefficient (Wildman–Crippen LogP) is 2.87. The van der Waals surface area contributed by atoms with Crippen LogP contribution in [0.25, 0.3) is 0 Å². The Hall–Kier alpha value is -2.12. The van der Waals surface area contributed by atoms with Crippen molar-refractivity contribution in [2.24, 2.45) is 5.92 Å². The summed E-state index contributed by atoms with van der Waals surface area (Å²) in [5, 5.41) is 0. The van der Waals surface area contributed by atoms with Crippen molar-refractivity contribution in [2.45, 2.75) is 25.3 Å². The van der Waals surface area contributed by atoms with E-state index in [9.17, 15) is 9.59 Å². The highest BCUT2D eigenvalue weighted by Gasteiger charge is 2.35. The van der Waals surface area contributed by atoms with Crippen molar-refractivity contribution in [3.8, 4) is 0 Å². The first-order valence-electron chi connectivity index (χ1n) is 10.1. The van der Waals surface area contributed by atoms with Gasteiger partial charge in [0, 0.05) is 49.5 Å². The van der Waals surface area contributed by atoms with Gasteiger partial charge in [-0.3, -0.25) is 9.59 Å². The number of piperidine rings is 1. The van der Waals surface area contributed by atoms with Gasteiger partial charge in [-0.1, -0.05) is 48.2 Å². The van der Waals surface area contributed by atoms with E-state index in [0.29, 0.717) is 17.6 Å². The first kappa shape index (κ1) is 18.9. The molecule has 2 atom stereocenters. The first-order valence-corrected chi connectivity index (χ1v) is 11.5. The maximum absolute atomic E-state index is 12.8. The van der Waals surface area contributed by atoms with Crippen LogP contribution in [0.4, 0.5) is 5.69 Å². The summed E-state index contributed by atoms with van der Waals surface area (Å²) in [5.74, 6) is 1.25. The van der Waals surface area contributed by atoms with Gasteiger partial charge in [0.05, 0.1) is 5.75 Å². The molecule has 0 N–H and O–H groups in total. The molecule has 0 spiro atoms. The minimum Gasteiger partial charge on any atom is -0.356 e. The third-order valence-corrected chi connectivity index (χ3v) is 7.75. The second-order valence-corrected chi connectivity index (χ2v) is 9.69. The van der Waals surface area contributed by atoms with Crippen molar-refractivity contribution in [1.29, 1.82) is 0 Å². The van der Waals surface area contributed by atoms with Crippen LogP contribution in [0.5, 0.6) is 0 Å². The van der Waals surface area contributed by atoms with Gasteiger partial charge in [0.1, 0.15) is 4.32 Å². The number of para-hydroxylation sites is 1. The number of thiocarbonyl (C=S) groups is 1. The molecular formula is C22H23N3O2S2. The molecule has 0 aliphatic carbocycles. The lowest BCUT2D eigenvalue weighted by atomic mass is 9.83. The molecule has 5 nitrogen and oxygen atoms in total. The van der Waals surface area contributed by atoms with E-state index in [1.54, 1.807) is 6.07 Å². The van der Waals surface area contributed by atoms with Crippen molar-refractivity contribution in [3.05, 3.63) is 64.1 Å². The number of hydrogen-bond acceptors (Lipinski definition) is 4. The molecule has 3 aliphatic rings. The lowest BCUT2D eigenvalue weighted by Gasteiger charge is -2.43. The topological polar surface area (TPSA) is 45.6 Å². The van der Waals surface area contributed by atoms with Crippen molar-refractivity contribution in [1.82, 2.24) is 9.47 Å². The number of thioether (sulfide) groups is 1. The maximum Gasteiger partial charge on any atom is 0.250 e. The van der Waals surface area contributed by atoms with Crippen LogP contribution in [0.1, 0.15) is 23.6 Å². The molecule has 1 fully saturated rings. The lowest BCUT2D eigenvalue weighted by molar-refractivity contribution is -0.116. The summed E-state index contributed by atoms with van der Waals surface area (Å²) in [4.78, 5) is 29.1. The fourth-order valence-electron chi connectivity index (χ4n) is 4.94. The molecule has 1 aromatic heterocycles. The lowest BCUT2D eigenvalue weighted by Crippen LogP contribution is -2.48. The zero-order chi connectivity index (χ0) is 20.0. The summed E-state index contributed by atoms with van der Waals surface area (Å²) in [7, 11) is 0. The van der Waals surface area contributed by atoms with Gasteiger partial charge < -0.3 is 14.4 Å². The number of carbonyl (C=O) groups is 1. The number of anilines is 1. The highest BCUT2D eigenvalue weighted by atomic mass is 32.2. The maximum atomic E-state index is 12.8. The van der Waals surface area contributed by atoms with E-state index >= 15 is 0 Å². The Labute approximate surface area is 179 Å². The van der Waals surface area contributed by atoms with Crippen LogP contribution in [0.3, 0.4) is 0 Å². The molecule has 0 saturated carbocycles. The summed E-state index contributed by atoms with van der Waals surface area (Å²) >= 11 is 7.17. The van der Waals surface area contributed by atoms with E-state index in [2.05, 4.69) is 17.0 Å². The zero-order valence-electron chi connectivity index (χ0n) is 16.1. The number of fused-ring (bicyclic) bond motifs is 5. The van der Waals surface area contributed by atoms with Gasteiger partial charge in [-0.2, -0.15) is 0 Å². The molecule has 29 heavy (non-hydrogen) atoms. The Morgan fingerprint density at radius 2 is 1.97 bits per heavy atom. The van der Waals surface area contributed by atoms with Crippen LogP contribution in [0, 0.1) is 5.92 Å². The molecule has 5 rings (SSSR count). The Bertz CT molecular complexity index is 1030. The second-order valence-electron chi connectivity index (χ2n) is 8.08. The van der Waals surface area contributed by atoms with Crippen LogP contribution in [-0.4, -0.2) is 45.1 Å². The third-order valence-electron chi connectivity index (χ3n) is 6.25. The molecule has 1 saturated heterocycles. The van der Waals surface area contributed by atoms with Crippen molar-refractivity contribution in [3.63, 3.8) is 0 Å². The molecule has 150 valence electrons. The van der Waals surface area contributed by atoms with Gasteiger partial charge in [-0.15, -0.1) is 0 Å². The van der Waals surface area contributed by atoms with Gasteiger partial charge in [-0.05, 0) is 36.5 Å². The monoisotopic (exact) mass is 425 g/mol. The summed E-state index contributed by atoms with van der Waals surface area (Å²) in [5.41, 5.74) is 3.50. The van der Waals surface area contributed by atoms with Crippen molar-refractivity contribution >= 4 is 39.9 Å². The molecule has 4 heterocycles. The number of likely N-dealkylation sites (tertiary alicyclic amines) is 1. The molecule has 2 bridgehead atoms. The second kappa shape index (κ2) is 7.61. The van der Waals surface area contributed by atoms with Crippen molar-refractivity contribution < 1.29 is 4.79 Å². The number of nitrogens with zero attached hydrogens (tertiary/aromatic N) is 3. The number of hydrogen-bond donors (Lipinski definition) is 0. The van der Waals surface area contributed by atoms with Crippen LogP contribution in [0.15, 0.2) is 47.3 Å². The van der Waals surface area contributed by atoms with E-state index in [-0.39, 0.29) is 11.5 Å². The molecule has 2 aromatic rings. The summed E-state index contributed by atoms with van der Waals surface area (Å²) in [6.45, 7) is 3.21. The summed E-state index contributed by atoms with van der Waals surface area (Å²) in [6, 6.07) is 13.7. The summed E-state index contributed by atoms with van der Waals surface area (Å²) < 4.78 is 2.73. The standard InChI is InChI=1S/C22H23N3O2S2/c26-20-7-3-6-19-17-10-15(12-25(19)20)11-23(13-17)22(28)29-14-21(27)24-9-8-16-4-1-2-5-18(16)24/h1-7,15,17H,8-14H2. The first-order chi connectivity index (χ1) is 14.1. The molecule has 2 unspecified atom stereocenters. The van der Waals surface area contributed by atoms with E-state index < -0.39 is 0 Å². The number of rotatable bonds is 2. The molecular weight excluding hydrogens is 402 g/mol. The van der Waals surface area contributed by atoms with Gasteiger partial charge in [0.2, 0.25) is 5.91 Å². The summed E-state index contributed by atoms with van der Waals surface area (Å²) in [6.07, 6.45) is 2.03. The fourth-order valence-corrected chi connectivity index (χ4v) is 6.00. The van der Waals surface area contributed by atoms with Crippen LogP contribution in [-0.2, 0) is 17.8 Å². The number of aromatic nitrogens is 1. The quantitative estimate of drug-likeness (QED) is 0.693. The van der Waals surface area contributed by atoms with Crippen LogP contribution >= 0.6 is 24.0 Å². The smallest absolute Gasteiger partial charge is 0.250 e. The van der Waals surface area contributed by atoms with Crippen LogP contribution in [0.2, 0.25) is 0 Å². The van der Waals surface area contributed by atoms with E-state index in [4.69, 9.17) is 12.2 Å². The molecule has 3 aliphatic heterocycles. The van der Waals surface area contributed by atoms with Gasteiger partial charge in [-0.25, -0.2) is 0 Å². The largest absolute Gasteiger partial charge is 0.356 e. The Morgan fingerprint density at radius 3 is 2.86 bits per heavy atom. The number of carbonyl (C=O) groups excluding carboxylic acids is 1. The normalized spacial score (nSPS) is 22.2. The average Bonchev–Trinajstić information content (AvgIpc) is 3.17.